The van der Waals surface area contributed by atoms with Crippen LogP contribution in [0.1, 0.15) is 26.5 Å². The van der Waals surface area contributed by atoms with Gasteiger partial charge in [-0.05, 0) is 12.8 Å². The van der Waals surface area contributed by atoms with E-state index in [-0.39, 0.29) is 0 Å². The van der Waals surface area contributed by atoms with Gasteiger partial charge in [-0.15, -0.1) is 11.3 Å². The molecule has 1 unspecified atom stereocenters. The van der Waals surface area contributed by atoms with Gasteiger partial charge in [0.2, 0.25) is 0 Å². The maximum atomic E-state index is 5.45. The molecule has 3 nitrogen and oxygen atoms in total. The van der Waals surface area contributed by atoms with Gasteiger partial charge >= 0.3 is 0 Å². The van der Waals surface area contributed by atoms with Crippen molar-refractivity contribution in [1.82, 2.24) is 10.3 Å². The molecule has 86 valence electrons. The lowest BCUT2D eigenvalue weighted by Crippen LogP contribution is -2.37. The number of hydrogen-bond donors (Lipinski definition) is 1. The Bertz CT molecular complexity index is 249. The number of nitrogens with zero attached hydrogens (tertiary/aromatic N) is 1. The fourth-order valence-electron chi connectivity index (χ4n) is 1.29. The Labute approximate surface area is 95.9 Å². The highest BCUT2D eigenvalue weighted by Gasteiger charge is 2.12. The largest absolute Gasteiger partial charge is 0.380 e. The van der Waals surface area contributed by atoms with Gasteiger partial charge in [0.1, 0.15) is 0 Å². The predicted octanol–water partition coefficient (Wildman–Crippen LogP) is 2.29. The molecule has 0 bridgehead atoms. The smallest absolute Gasteiger partial charge is 0.0795 e. The molecule has 0 saturated carbocycles. The molecule has 1 aromatic rings. The Hall–Kier alpha value is -0.450. The quantitative estimate of drug-likeness (QED) is 0.777. The maximum Gasteiger partial charge on any atom is 0.0795 e. The Kier molecular flexibility index (Phi) is 5.83. The lowest BCUT2D eigenvalue weighted by atomic mass is 10.1. The number of hydrogen-bond acceptors (Lipinski definition) is 4. The minimum absolute atomic E-state index is 0.409. The number of nitrogens with one attached hydrogen (secondary N) is 1. The molecule has 0 fully saturated rings. The molecule has 1 rings (SSSR count). The molecule has 1 aromatic heterocycles. The van der Waals surface area contributed by atoms with Gasteiger partial charge in [0.15, 0.2) is 0 Å². The molecule has 0 spiro atoms. The van der Waals surface area contributed by atoms with E-state index in [1.165, 1.54) is 0 Å². The van der Waals surface area contributed by atoms with Crippen LogP contribution in [0.25, 0.3) is 0 Å². The van der Waals surface area contributed by atoms with Gasteiger partial charge in [0, 0.05) is 24.6 Å². The van der Waals surface area contributed by atoms with Crippen molar-refractivity contribution in [2.75, 3.05) is 13.2 Å². The molecule has 0 aliphatic carbocycles. The SMILES string of the molecule is CCOCC(NCc1cscn1)C(C)C. The Morgan fingerprint density at radius 1 is 1.53 bits per heavy atom. The minimum Gasteiger partial charge on any atom is -0.380 e. The monoisotopic (exact) mass is 228 g/mol. The third kappa shape index (κ3) is 4.73. The fourth-order valence-corrected chi connectivity index (χ4v) is 1.85. The van der Waals surface area contributed by atoms with Crippen molar-refractivity contribution in [1.29, 1.82) is 0 Å². The normalized spacial score (nSPS) is 13.3. The summed E-state index contributed by atoms with van der Waals surface area (Å²) in [5.74, 6) is 0.579. The van der Waals surface area contributed by atoms with Crippen molar-refractivity contribution in [3.05, 3.63) is 16.6 Å². The number of rotatable bonds is 7. The zero-order valence-electron chi connectivity index (χ0n) is 9.69. The first-order valence-corrected chi connectivity index (χ1v) is 6.36. The number of ether oxygens (including phenoxy) is 1. The molecule has 0 saturated heterocycles. The first-order valence-electron chi connectivity index (χ1n) is 5.42. The van der Waals surface area contributed by atoms with E-state index in [2.05, 4.69) is 29.5 Å². The van der Waals surface area contributed by atoms with Gasteiger partial charge < -0.3 is 10.1 Å². The lowest BCUT2D eigenvalue weighted by Gasteiger charge is -2.21. The van der Waals surface area contributed by atoms with Crippen LogP contribution in [0.15, 0.2) is 10.9 Å². The molecular weight excluding hydrogens is 208 g/mol. The maximum absolute atomic E-state index is 5.45. The van der Waals surface area contributed by atoms with E-state index in [1.54, 1.807) is 11.3 Å². The van der Waals surface area contributed by atoms with Crippen molar-refractivity contribution in [2.24, 2.45) is 5.92 Å². The van der Waals surface area contributed by atoms with E-state index in [9.17, 15) is 0 Å². The van der Waals surface area contributed by atoms with Crippen LogP contribution in [-0.2, 0) is 11.3 Å². The zero-order chi connectivity index (χ0) is 11.1. The fraction of sp³-hybridized carbons (Fsp3) is 0.727. The Balaban J connectivity index is 2.31. The van der Waals surface area contributed by atoms with Gasteiger partial charge in [-0.25, -0.2) is 4.98 Å². The molecule has 1 heterocycles. The second-order valence-electron chi connectivity index (χ2n) is 3.87. The van der Waals surface area contributed by atoms with E-state index in [4.69, 9.17) is 4.74 Å². The summed E-state index contributed by atoms with van der Waals surface area (Å²) in [6.07, 6.45) is 0. The zero-order valence-corrected chi connectivity index (χ0v) is 10.5. The first-order chi connectivity index (χ1) is 7.24. The number of thiazole rings is 1. The summed E-state index contributed by atoms with van der Waals surface area (Å²) >= 11 is 1.64. The van der Waals surface area contributed by atoms with Crippen LogP contribution in [-0.4, -0.2) is 24.2 Å². The van der Waals surface area contributed by atoms with Crippen molar-refractivity contribution in [3.63, 3.8) is 0 Å². The van der Waals surface area contributed by atoms with Gasteiger partial charge in [-0.1, -0.05) is 13.8 Å². The van der Waals surface area contributed by atoms with Crippen LogP contribution in [0.5, 0.6) is 0 Å². The van der Waals surface area contributed by atoms with Gasteiger partial charge in [-0.3, -0.25) is 0 Å². The molecule has 4 heteroatoms. The number of aromatic nitrogens is 1. The van der Waals surface area contributed by atoms with Crippen LogP contribution in [0.2, 0.25) is 0 Å². The highest BCUT2D eigenvalue weighted by molar-refractivity contribution is 7.07. The second kappa shape index (κ2) is 6.93. The summed E-state index contributed by atoms with van der Waals surface area (Å²) in [6.45, 7) is 8.83. The van der Waals surface area contributed by atoms with Crippen LogP contribution in [0.4, 0.5) is 0 Å². The molecule has 15 heavy (non-hydrogen) atoms. The topological polar surface area (TPSA) is 34.1 Å². The summed E-state index contributed by atoms with van der Waals surface area (Å²) in [5.41, 5.74) is 2.98. The first kappa shape index (κ1) is 12.6. The van der Waals surface area contributed by atoms with E-state index in [0.29, 0.717) is 12.0 Å². The van der Waals surface area contributed by atoms with Crippen molar-refractivity contribution < 1.29 is 4.74 Å². The summed E-state index contributed by atoms with van der Waals surface area (Å²) in [5, 5.41) is 5.55. The molecule has 0 aliphatic heterocycles. The van der Waals surface area contributed by atoms with E-state index < -0.39 is 0 Å². The standard InChI is InChI=1S/C11H20N2OS/c1-4-14-6-11(9(2)3)12-5-10-7-15-8-13-10/h7-9,11-12H,4-6H2,1-3H3. The summed E-state index contributed by atoms with van der Waals surface area (Å²) in [7, 11) is 0. The van der Waals surface area contributed by atoms with Crippen LogP contribution < -0.4 is 5.32 Å². The van der Waals surface area contributed by atoms with E-state index >= 15 is 0 Å². The lowest BCUT2D eigenvalue weighted by molar-refractivity contribution is 0.107. The predicted molar refractivity (Wildman–Crippen MR) is 64.1 cm³/mol. The minimum atomic E-state index is 0.409. The van der Waals surface area contributed by atoms with Crippen LogP contribution in [0, 0.1) is 5.92 Å². The van der Waals surface area contributed by atoms with Crippen molar-refractivity contribution in [3.8, 4) is 0 Å². The average Bonchev–Trinajstić information content (AvgIpc) is 2.70. The van der Waals surface area contributed by atoms with E-state index in [0.717, 1.165) is 25.5 Å². The Morgan fingerprint density at radius 2 is 2.33 bits per heavy atom. The molecule has 1 N–H and O–H groups in total. The highest BCUT2D eigenvalue weighted by atomic mass is 32.1. The van der Waals surface area contributed by atoms with Gasteiger partial charge in [0.25, 0.3) is 0 Å². The van der Waals surface area contributed by atoms with Crippen LogP contribution in [0.3, 0.4) is 0 Å². The van der Waals surface area contributed by atoms with Crippen molar-refractivity contribution >= 4 is 11.3 Å². The molecule has 0 radical (unpaired) electrons. The van der Waals surface area contributed by atoms with Gasteiger partial charge in [-0.2, -0.15) is 0 Å². The molecule has 0 amide bonds. The van der Waals surface area contributed by atoms with Crippen molar-refractivity contribution in [2.45, 2.75) is 33.4 Å². The summed E-state index contributed by atoms with van der Waals surface area (Å²) in [4.78, 5) is 4.24. The summed E-state index contributed by atoms with van der Waals surface area (Å²) < 4.78 is 5.45. The van der Waals surface area contributed by atoms with Gasteiger partial charge in [0.05, 0.1) is 17.8 Å². The third-order valence-electron chi connectivity index (χ3n) is 2.34. The average molecular weight is 228 g/mol. The molecule has 1 atom stereocenters. The van der Waals surface area contributed by atoms with Crippen LogP contribution >= 0.6 is 11.3 Å². The Morgan fingerprint density at radius 3 is 2.87 bits per heavy atom. The highest BCUT2D eigenvalue weighted by Crippen LogP contribution is 2.05. The summed E-state index contributed by atoms with van der Waals surface area (Å²) in [6, 6.07) is 0.409. The molecular formula is C11H20N2OS. The molecule has 0 aromatic carbocycles. The second-order valence-corrected chi connectivity index (χ2v) is 4.59. The molecule has 0 aliphatic rings. The third-order valence-corrected chi connectivity index (χ3v) is 2.97. The van der Waals surface area contributed by atoms with E-state index in [1.807, 2.05) is 12.4 Å².